The topological polar surface area (TPSA) is 43.8 Å². The fraction of sp³-hybridized carbons (Fsp3) is 0.571. The van der Waals surface area contributed by atoms with Gasteiger partial charge in [-0.15, -0.1) is 0 Å². The Balaban J connectivity index is 2.82. The number of alkyl halides is 1. The first-order valence-electron chi connectivity index (χ1n) is 3.55. The average Bonchev–Trinajstić information content (AvgIpc) is 2.34. The van der Waals surface area contributed by atoms with E-state index < -0.39 is 6.67 Å². The standard InChI is InChI=1S/C7H12FN3/c1-11-6(4-8)5-10-7(11)2-3-9/h5H,2-4,9H2,1H3. The molecule has 0 bridgehead atoms. The van der Waals surface area contributed by atoms with Gasteiger partial charge in [0.25, 0.3) is 0 Å². The minimum atomic E-state index is -0.464. The normalized spacial score (nSPS) is 10.5. The molecule has 0 amide bonds. The zero-order valence-corrected chi connectivity index (χ0v) is 6.55. The minimum Gasteiger partial charge on any atom is -0.333 e. The van der Waals surface area contributed by atoms with Crippen LogP contribution in [-0.4, -0.2) is 16.1 Å². The number of aromatic nitrogens is 2. The van der Waals surface area contributed by atoms with Crippen LogP contribution >= 0.6 is 0 Å². The molecule has 62 valence electrons. The molecule has 0 spiro atoms. The lowest BCUT2D eigenvalue weighted by atomic mass is 10.4. The quantitative estimate of drug-likeness (QED) is 0.689. The van der Waals surface area contributed by atoms with Gasteiger partial charge in [0.15, 0.2) is 0 Å². The van der Waals surface area contributed by atoms with Gasteiger partial charge in [-0.25, -0.2) is 9.37 Å². The first kappa shape index (κ1) is 8.20. The largest absolute Gasteiger partial charge is 0.333 e. The highest BCUT2D eigenvalue weighted by Crippen LogP contribution is 2.04. The van der Waals surface area contributed by atoms with Crippen LogP contribution in [0, 0.1) is 0 Å². The summed E-state index contributed by atoms with van der Waals surface area (Å²) in [4.78, 5) is 4.02. The second-order valence-electron chi connectivity index (χ2n) is 2.40. The van der Waals surface area contributed by atoms with Crippen molar-refractivity contribution in [2.75, 3.05) is 6.54 Å². The Morgan fingerprint density at radius 2 is 2.45 bits per heavy atom. The molecule has 0 aliphatic carbocycles. The van der Waals surface area contributed by atoms with Gasteiger partial charge in [0.05, 0.1) is 11.9 Å². The number of rotatable bonds is 3. The molecule has 1 aromatic rings. The second-order valence-corrected chi connectivity index (χ2v) is 2.40. The fourth-order valence-corrected chi connectivity index (χ4v) is 0.973. The van der Waals surface area contributed by atoms with Gasteiger partial charge < -0.3 is 10.3 Å². The maximum Gasteiger partial charge on any atom is 0.131 e. The van der Waals surface area contributed by atoms with Crippen LogP contribution in [0.1, 0.15) is 11.5 Å². The molecule has 1 heterocycles. The van der Waals surface area contributed by atoms with Gasteiger partial charge in [0, 0.05) is 13.5 Å². The maximum absolute atomic E-state index is 12.1. The van der Waals surface area contributed by atoms with Gasteiger partial charge in [-0.05, 0) is 6.54 Å². The van der Waals surface area contributed by atoms with Crippen molar-refractivity contribution in [1.82, 2.24) is 9.55 Å². The molecule has 0 atom stereocenters. The summed E-state index contributed by atoms with van der Waals surface area (Å²) < 4.78 is 13.9. The van der Waals surface area contributed by atoms with Crippen LogP contribution in [-0.2, 0) is 20.1 Å². The number of halogens is 1. The predicted octanol–water partition coefficient (Wildman–Crippen LogP) is 0.391. The number of nitrogens with zero attached hydrogens (tertiary/aromatic N) is 2. The number of hydrogen-bond acceptors (Lipinski definition) is 2. The Morgan fingerprint density at radius 1 is 1.73 bits per heavy atom. The van der Waals surface area contributed by atoms with E-state index in [9.17, 15) is 4.39 Å². The van der Waals surface area contributed by atoms with Gasteiger partial charge in [-0.3, -0.25) is 0 Å². The molecule has 4 heteroatoms. The predicted molar refractivity (Wildman–Crippen MR) is 40.8 cm³/mol. The lowest BCUT2D eigenvalue weighted by Crippen LogP contribution is -2.08. The van der Waals surface area contributed by atoms with Crippen molar-refractivity contribution in [2.24, 2.45) is 12.8 Å². The summed E-state index contributed by atoms with van der Waals surface area (Å²) in [5, 5.41) is 0. The first-order chi connectivity index (χ1) is 5.29. The summed E-state index contributed by atoms with van der Waals surface area (Å²) in [6, 6.07) is 0. The lowest BCUT2D eigenvalue weighted by Gasteiger charge is -2.00. The Labute approximate surface area is 65.0 Å². The van der Waals surface area contributed by atoms with Crippen molar-refractivity contribution in [3.05, 3.63) is 17.7 Å². The van der Waals surface area contributed by atoms with Crippen LogP contribution < -0.4 is 5.73 Å². The molecule has 0 aliphatic heterocycles. The molecule has 1 aromatic heterocycles. The van der Waals surface area contributed by atoms with Crippen molar-refractivity contribution >= 4 is 0 Å². The zero-order chi connectivity index (χ0) is 8.27. The molecule has 0 aliphatic rings. The van der Waals surface area contributed by atoms with Crippen molar-refractivity contribution < 1.29 is 4.39 Å². The molecule has 0 fully saturated rings. The van der Waals surface area contributed by atoms with E-state index >= 15 is 0 Å². The van der Waals surface area contributed by atoms with Crippen molar-refractivity contribution in [1.29, 1.82) is 0 Å². The highest BCUT2D eigenvalue weighted by Gasteiger charge is 2.03. The van der Waals surface area contributed by atoms with Gasteiger partial charge >= 0.3 is 0 Å². The molecule has 0 saturated heterocycles. The van der Waals surface area contributed by atoms with E-state index in [2.05, 4.69) is 4.98 Å². The first-order valence-corrected chi connectivity index (χ1v) is 3.55. The molecular weight excluding hydrogens is 145 g/mol. The van der Waals surface area contributed by atoms with Crippen molar-refractivity contribution in [3.8, 4) is 0 Å². The minimum absolute atomic E-state index is 0.464. The van der Waals surface area contributed by atoms with Crippen LogP contribution in [0.5, 0.6) is 0 Å². The van der Waals surface area contributed by atoms with Gasteiger partial charge in [-0.1, -0.05) is 0 Å². The third-order valence-corrected chi connectivity index (χ3v) is 1.69. The molecule has 2 N–H and O–H groups in total. The molecule has 3 nitrogen and oxygen atoms in total. The summed E-state index contributed by atoms with van der Waals surface area (Å²) >= 11 is 0. The van der Waals surface area contributed by atoms with E-state index in [-0.39, 0.29) is 0 Å². The molecule has 0 unspecified atom stereocenters. The third kappa shape index (κ3) is 1.57. The fourth-order valence-electron chi connectivity index (χ4n) is 0.973. The Hall–Kier alpha value is -0.900. The van der Waals surface area contributed by atoms with Crippen LogP contribution in [0.25, 0.3) is 0 Å². The molecule has 11 heavy (non-hydrogen) atoms. The van der Waals surface area contributed by atoms with E-state index in [1.54, 1.807) is 17.8 Å². The smallest absolute Gasteiger partial charge is 0.131 e. The van der Waals surface area contributed by atoms with E-state index in [1.165, 1.54) is 0 Å². The summed E-state index contributed by atoms with van der Waals surface area (Å²) in [5.41, 5.74) is 5.94. The lowest BCUT2D eigenvalue weighted by molar-refractivity contribution is 0.463. The van der Waals surface area contributed by atoms with E-state index in [0.717, 1.165) is 5.82 Å². The maximum atomic E-state index is 12.1. The highest BCUT2D eigenvalue weighted by molar-refractivity contribution is 5.03. The zero-order valence-electron chi connectivity index (χ0n) is 6.55. The third-order valence-electron chi connectivity index (χ3n) is 1.69. The van der Waals surface area contributed by atoms with E-state index in [4.69, 9.17) is 5.73 Å². The highest BCUT2D eigenvalue weighted by atomic mass is 19.1. The summed E-state index contributed by atoms with van der Waals surface area (Å²) in [6.45, 7) is 0.0879. The average molecular weight is 157 g/mol. The van der Waals surface area contributed by atoms with Gasteiger partial charge in [-0.2, -0.15) is 0 Å². The number of imidazole rings is 1. The summed E-state index contributed by atoms with van der Waals surface area (Å²) in [6.07, 6.45) is 2.25. The Kier molecular flexibility index (Phi) is 2.59. The Bertz CT molecular complexity index is 232. The molecule has 0 saturated carbocycles. The van der Waals surface area contributed by atoms with Gasteiger partial charge in [0.1, 0.15) is 12.5 Å². The van der Waals surface area contributed by atoms with Crippen LogP contribution in [0.15, 0.2) is 6.20 Å². The van der Waals surface area contributed by atoms with E-state index in [1.807, 2.05) is 0 Å². The molecule has 1 rings (SSSR count). The van der Waals surface area contributed by atoms with Crippen molar-refractivity contribution in [2.45, 2.75) is 13.1 Å². The van der Waals surface area contributed by atoms with Crippen LogP contribution in [0.4, 0.5) is 4.39 Å². The molecular formula is C7H12FN3. The SMILES string of the molecule is Cn1c(CF)cnc1CCN. The van der Waals surface area contributed by atoms with Gasteiger partial charge in [0.2, 0.25) is 0 Å². The summed E-state index contributed by atoms with van der Waals surface area (Å²) in [5.74, 6) is 0.847. The number of nitrogens with two attached hydrogens (primary N) is 1. The molecule has 0 aromatic carbocycles. The monoisotopic (exact) mass is 157 g/mol. The number of hydrogen-bond donors (Lipinski definition) is 1. The van der Waals surface area contributed by atoms with Crippen molar-refractivity contribution in [3.63, 3.8) is 0 Å². The summed E-state index contributed by atoms with van der Waals surface area (Å²) in [7, 11) is 1.80. The second kappa shape index (κ2) is 3.48. The molecule has 0 radical (unpaired) electrons. The van der Waals surface area contributed by atoms with Crippen LogP contribution in [0.3, 0.4) is 0 Å². The Morgan fingerprint density at radius 3 is 2.91 bits per heavy atom. The van der Waals surface area contributed by atoms with Crippen LogP contribution in [0.2, 0.25) is 0 Å². The van der Waals surface area contributed by atoms with E-state index in [0.29, 0.717) is 18.7 Å².